The van der Waals surface area contributed by atoms with Gasteiger partial charge < -0.3 is 14.5 Å². The highest BCUT2D eigenvalue weighted by Crippen LogP contribution is 2.10. The molecule has 1 aliphatic heterocycles. The fourth-order valence-corrected chi connectivity index (χ4v) is 2.69. The van der Waals surface area contributed by atoms with E-state index in [0.29, 0.717) is 57.9 Å². The first kappa shape index (κ1) is 17.6. The lowest BCUT2D eigenvalue weighted by Gasteiger charge is -2.34. The number of benzene rings is 1. The molecule has 1 aromatic carbocycles. The Labute approximate surface area is 142 Å². The topological polar surface area (TPSA) is 49.9 Å². The van der Waals surface area contributed by atoms with Crippen molar-refractivity contribution in [1.82, 2.24) is 9.80 Å². The zero-order valence-electron chi connectivity index (χ0n) is 13.2. The predicted molar refractivity (Wildman–Crippen MR) is 89.7 cm³/mol. The molecule has 6 heteroatoms. The second-order valence-corrected chi connectivity index (χ2v) is 5.84. The van der Waals surface area contributed by atoms with Crippen molar-refractivity contribution >= 4 is 23.4 Å². The minimum Gasteiger partial charge on any atom is -0.494 e. The molecule has 0 unspecified atom stereocenters. The van der Waals surface area contributed by atoms with Crippen molar-refractivity contribution in [2.75, 3.05) is 38.7 Å². The Morgan fingerprint density at radius 3 is 2.09 bits per heavy atom. The van der Waals surface area contributed by atoms with Crippen molar-refractivity contribution in [1.29, 1.82) is 0 Å². The van der Waals surface area contributed by atoms with Crippen LogP contribution in [0.1, 0.15) is 19.3 Å². The van der Waals surface area contributed by atoms with Gasteiger partial charge in [-0.1, -0.05) is 18.2 Å². The van der Waals surface area contributed by atoms with E-state index in [9.17, 15) is 9.59 Å². The Morgan fingerprint density at radius 2 is 1.52 bits per heavy atom. The van der Waals surface area contributed by atoms with Gasteiger partial charge in [0.05, 0.1) is 6.61 Å². The van der Waals surface area contributed by atoms with Crippen molar-refractivity contribution in [3.05, 3.63) is 30.3 Å². The molecular weight excluding hydrogens is 316 g/mol. The normalized spacial score (nSPS) is 14.7. The Bertz CT molecular complexity index is 502. The lowest BCUT2D eigenvalue weighted by Crippen LogP contribution is -2.50. The van der Waals surface area contributed by atoms with E-state index in [1.807, 2.05) is 35.2 Å². The highest BCUT2D eigenvalue weighted by atomic mass is 35.5. The van der Waals surface area contributed by atoms with E-state index in [4.69, 9.17) is 16.3 Å². The summed E-state index contributed by atoms with van der Waals surface area (Å²) < 4.78 is 5.58. The van der Waals surface area contributed by atoms with Crippen LogP contribution in [0.25, 0.3) is 0 Å². The molecule has 0 radical (unpaired) electrons. The first-order valence-corrected chi connectivity index (χ1v) is 8.53. The molecule has 1 saturated heterocycles. The van der Waals surface area contributed by atoms with Crippen LogP contribution in [0.15, 0.2) is 30.3 Å². The first-order chi connectivity index (χ1) is 11.2. The van der Waals surface area contributed by atoms with E-state index in [1.54, 1.807) is 4.90 Å². The predicted octanol–water partition coefficient (Wildman–Crippen LogP) is 2.15. The standard InChI is InChI=1S/C17H23ClN2O3/c18-9-8-17(22)20-12-10-19(11-13-20)16(21)7-4-14-23-15-5-2-1-3-6-15/h1-3,5-6H,4,7-14H2. The van der Waals surface area contributed by atoms with Gasteiger partial charge in [0.2, 0.25) is 11.8 Å². The SMILES string of the molecule is O=C(CCCl)N1CCN(C(=O)CCCOc2ccccc2)CC1. The molecule has 126 valence electrons. The summed E-state index contributed by atoms with van der Waals surface area (Å²) in [6, 6.07) is 9.59. The van der Waals surface area contributed by atoms with Crippen molar-refractivity contribution in [3.63, 3.8) is 0 Å². The van der Waals surface area contributed by atoms with Gasteiger partial charge in [0.15, 0.2) is 0 Å². The van der Waals surface area contributed by atoms with Crippen LogP contribution in [0.4, 0.5) is 0 Å². The number of piperazine rings is 1. The average Bonchev–Trinajstić information content (AvgIpc) is 2.60. The molecule has 1 heterocycles. The molecule has 0 aromatic heterocycles. The fourth-order valence-electron chi connectivity index (χ4n) is 2.53. The summed E-state index contributed by atoms with van der Waals surface area (Å²) in [5, 5.41) is 0. The highest BCUT2D eigenvalue weighted by molar-refractivity contribution is 6.18. The van der Waals surface area contributed by atoms with Crippen LogP contribution in [-0.2, 0) is 9.59 Å². The van der Waals surface area contributed by atoms with Gasteiger partial charge in [-0.2, -0.15) is 0 Å². The third kappa shape index (κ3) is 5.75. The quantitative estimate of drug-likeness (QED) is 0.565. The second-order valence-electron chi connectivity index (χ2n) is 5.47. The Kier molecular flexibility index (Phi) is 7.20. The zero-order valence-corrected chi connectivity index (χ0v) is 14.0. The first-order valence-electron chi connectivity index (χ1n) is 8.00. The van der Waals surface area contributed by atoms with Gasteiger partial charge in [0.1, 0.15) is 5.75 Å². The lowest BCUT2D eigenvalue weighted by atomic mass is 10.2. The number of carbonyl (C=O) groups excluding carboxylic acids is 2. The van der Waals surface area contributed by atoms with Crippen LogP contribution in [0.5, 0.6) is 5.75 Å². The number of para-hydroxylation sites is 1. The third-order valence-electron chi connectivity index (χ3n) is 3.84. The van der Waals surface area contributed by atoms with Crippen molar-refractivity contribution in [2.24, 2.45) is 0 Å². The number of carbonyl (C=O) groups is 2. The molecule has 0 spiro atoms. The number of hydrogen-bond donors (Lipinski definition) is 0. The summed E-state index contributed by atoms with van der Waals surface area (Å²) in [7, 11) is 0. The summed E-state index contributed by atoms with van der Waals surface area (Å²) in [6.45, 7) is 2.94. The van der Waals surface area contributed by atoms with E-state index in [1.165, 1.54) is 0 Å². The number of hydrogen-bond acceptors (Lipinski definition) is 3. The van der Waals surface area contributed by atoms with Gasteiger partial charge >= 0.3 is 0 Å². The maximum Gasteiger partial charge on any atom is 0.223 e. The van der Waals surface area contributed by atoms with Crippen LogP contribution >= 0.6 is 11.6 Å². The molecule has 5 nitrogen and oxygen atoms in total. The number of halogens is 1. The van der Waals surface area contributed by atoms with Crippen molar-refractivity contribution in [2.45, 2.75) is 19.3 Å². The van der Waals surface area contributed by atoms with E-state index in [2.05, 4.69) is 0 Å². The third-order valence-corrected chi connectivity index (χ3v) is 4.03. The van der Waals surface area contributed by atoms with Crippen LogP contribution in [0.3, 0.4) is 0 Å². The van der Waals surface area contributed by atoms with Gasteiger partial charge in [0.25, 0.3) is 0 Å². The number of amides is 2. The summed E-state index contributed by atoms with van der Waals surface area (Å²) in [5.74, 6) is 1.38. The van der Waals surface area contributed by atoms with E-state index in [-0.39, 0.29) is 11.8 Å². The van der Waals surface area contributed by atoms with Gasteiger partial charge in [-0.25, -0.2) is 0 Å². The van der Waals surface area contributed by atoms with Gasteiger partial charge in [-0.15, -0.1) is 11.6 Å². The monoisotopic (exact) mass is 338 g/mol. The molecule has 2 amide bonds. The zero-order chi connectivity index (χ0) is 16.5. The smallest absolute Gasteiger partial charge is 0.223 e. The van der Waals surface area contributed by atoms with Crippen LogP contribution < -0.4 is 4.74 Å². The van der Waals surface area contributed by atoms with Gasteiger partial charge in [0, 0.05) is 44.9 Å². The molecule has 0 aliphatic carbocycles. The average molecular weight is 339 g/mol. The highest BCUT2D eigenvalue weighted by Gasteiger charge is 2.23. The van der Waals surface area contributed by atoms with Crippen LogP contribution in [-0.4, -0.2) is 60.3 Å². The van der Waals surface area contributed by atoms with Crippen molar-refractivity contribution < 1.29 is 14.3 Å². The van der Waals surface area contributed by atoms with Gasteiger partial charge in [-0.3, -0.25) is 9.59 Å². The molecule has 0 saturated carbocycles. The Hall–Kier alpha value is -1.75. The maximum absolute atomic E-state index is 12.2. The minimum absolute atomic E-state index is 0.0726. The fraction of sp³-hybridized carbons (Fsp3) is 0.529. The molecule has 1 fully saturated rings. The molecule has 23 heavy (non-hydrogen) atoms. The number of nitrogens with zero attached hydrogens (tertiary/aromatic N) is 2. The maximum atomic E-state index is 12.2. The summed E-state index contributed by atoms with van der Waals surface area (Å²) in [6.07, 6.45) is 1.54. The number of alkyl halides is 1. The molecule has 1 aliphatic rings. The molecule has 1 aromatic rings. The van der Waals surface area contributed by atoms with E-state index in [0.717, 1.165) is 5.75 Å². The number of rotatable bonds is 7. The molecule has 0 atom stereocenters. The van der Waals surface area contributed by atoms with E-state index < -0.39 is 0 Å². The molecule has 0 N–H and O–H groups in total. The van der Waals surface area contributed by atoms with Gasteiger partial charge in [-0.05, 0) is 18.6 Å². The Morgan fingerprint density at radius 1 is 0.957 bits per heavy atom. The molecule has 0 bridgehead atoms. The summed E-state index contributed by atoms with van der Waals surface area (Å²) in [5.41, 5.74) is 0. The molecule has 2 rings (SSSR count). The second kappa shape index (κ2) is 9.40. The number of ether oxygens (including phenoxy) is 1. The van der Waals surface area contributed by atoms with Crippen LogP contribution in [0.2, 0.25) is 0 Å². The minimum atomic E-state index is 0.0726. The van der Waals surface area contributed by atoms with Crippen LogP contribution in [0, 0.1) is 0 Å². The summed E-state index contributed by atoms with van der Waals surface area (Å²) in [4.78, 5) is 27.5. The lowest BCUT2D eigenvalue weighted by molar-refractivity contribution is -0.139. The van der Waals surface area contributed by atoms with E-state index >= 15 is 0 Å². The van der Waals surface area contributed by atoms with Crippen molar-refractivity contribution in [3.8, 4) is 5.75 Å². The molecular formula is C17H23ClN2O3. The largest absolute Gasteiger partial charge is 0.494 e. The summed E-state index contributed by atoms with van der Waals surface area (Å²) >= 11 is 5.59. The Balaban J connectivity index is 1.62.